The molecule has 2 rings (SSSR count). The van der Waals surface area contributed by atoms with Gasteiger partial charge in [-0.1, -0.05) is 0 Å². The molecule has 14 heavy (non-hydrogen) atoms. The Labute approximate surface area is 81.5 Å². The summed E-state index contributed by atoms with van der Waals surface area (Å²) in [6.07, 6.45) is 4.90. The zero-order valence-corrected chi connectivity index (χ0v) is 7.74. The van der Waals surface area contributed by atoms with Gasteiger partial charge < -0.3 is 0 Å². The van der Waals surface area contributed by atoms with Crippen molar-refractivity contribution in [2.45, 2.75) is 6.92 Å². The number of nitrogens with zero attached hydrogens (tertiary/aromatic N) is 2. The molecule has 2 aromatic rings. The maximum Gasteiger partial charge on any atom is 0.123 e. The van der Waals surface area contributed by atoms with Gasteiger partial charge in [0.1, 0.15) is 5.82 Å². The number of halogens is 1. The van der Waals surface area contributed by atoms with Gasteiger partial charge in [0.25, 0.3) is 0 Å². The second-order valence-corrected chi connectivity index (χ2v) is 3.05. The van der Waals surface area contributed by atoms with Crippen LogP contribution in [0.1, 0.15) is 5.56 Å². The molecular weight excluding hydrogens is 179 g/mol. The van der Waals surface area contributed by atoms with Crippen LogP contribution in [0.2, 0.25) is 0 Å². The quantitative estimate of drug-likeness (QED) is 0.687. The summed E-state index contributed by atoms with van der Waals surface area (Å²) in [5, 5.41) is 0. The van der Waals surface area contributed by atoms with Gasteiger partial charge in [-0.3, -0.25) is 9.97 Å². The van der Waals surface area contributed by atoms with Crippen molar-refractivity contribution in [3.8, 4) is 11.3 Å². The Balaban J connectivity index is 2.53. The minimum Gasteiger partial charge on any atom is -0.261 e. The Kier molecular flexibility index (Phi) is 2.23. The Hall–Kier alpha value is -1.77. The van der Waals surface area contributed by atoms with Crippen LogP contribution in [0, 0.1) is 12.7 Å². The number of hydrogen-bond acceptors (Lipinski definition) is 2. The minimum absolute atomic E-state index is 0.227. The molecule has 0 aliphatic rings. The normalized spacial score (nSPS) is 10.1. The molecule has 2 nitrogen and oxygen atoms in total. The first-order valence-electron chi connectivity index (χ1n) is 4.30. The molecular formula is C11H9FN2. The molecule has 0 fully saturated rings. The summed E-state index contributed by atoms with van der Waals surface area (Å²) in [6, 6.07) is 4.63. The van der Waals surface area contributed by atoms with Crippen molar-refractivity contribution in [3.63, 3.8) is 0 Å². The minimum atomic E-state index is -0.227. The van der Waals surface area contributed by atoms with Crippen LogP contribution in [0.3, 0.4) is 0 Å². The van der Waals surface area contributed by atoms with Crippen molar-refractivity contribution in [1.29, 1.82) is 0 Å². The Morgan fingerprint density at radius 3 is 2.71 bits per heavy atom. The van der Waals surface area contributed by atoms with E-state index in [1.165, 1.54) is 12.1 Å². The highest BCUT2D eigenvalue weighted by atomic mass is 19.1. The lowest BCUT2D eigenvalue weighted by molar-refractivity contribution is 0.627. The summed E-state index contributed by atoms with van der Waals surface area (Å²) >= 11 is 0. The molecule has 70 valence electrons. The summed E-state index contributed by atoms with van der Waals surface area (Å²) in [5.41, 5.74) is 2.55. The SMILES string of the molecule is Cc1cc(F)ccc1-c1cnccn1. The standard InChI is InChI=1S/C11H9FN2/c1-8-6-9(12)2-3-10(8)11-7-13-4-5-14-11/h2-7H,1H3. The van der Waals surface area contributed by atoms with E-state index < -0.39 is 0 Å². The summed E-state index contributed by atoms with van der Waals surface area (Å²) in [5.74, 6) is -0.227. The molecule has 0 atom stereocenters. The van der Waals surface area contributed by atoms with Crippen molar-refractivity contribution in [2.75, 3.05) is 0 Å². The van der Waals surface area contributed by atoms with Crippen molar-refractivity contribution in [2.24, 2.45) is 0 Å². The van der Waals surface area contributed by atoms with E-state index in [1.807, 2.05) is 6.92 Å². The number of aromatic nitrogens is 2. The van der Waals surface area contributed by atoms with Crippen LogP contribution in [0.25, 0.3) is 11.3 Å². The van der Waals surface area contributed by atoms with E-state index in [0.29, 0.717) is 0 Å². The third kappa shape index (κ3) is 1.62. The van der Waals surface area contributed by atoms with E-state index in [1.54, 1.807) is 24.7 Å². The van der Waals surface area contributed by atoms with Crippen LogP contribution >= 0.6 is 0 Å². The molecule has 0 saturated heterocycles. The molecule has 0 aliphatic carbocycles. The highest BCUT2D eigenvalue weighted by Gasteiger charge is 2.03. The van der Waals surface area contributed by atoms with E-state index in [2.05, 4.69) is 9.97 Å². The van der Waals surface area contributed by atoms with Crippen LogP contribution in [0.15, 0.2) is 36.8 Å². The fourth-order valence-electron chi connectivity index (χ4n) is 1.35. The third-order valence-corrected chi connectivity index (χ3v) is 2.03. The summed E-state index contributed by atoms with van der Waals surface area (Å²) < 4.78 is 12.8. The number of aryl methyl sites for hydroxylation is 1. The average Bonchev–Trinajstić information content (AvgIpc) is 2.19. The molecule has 3 heteroatoms. The van der Waals surface area contributed by atoms with Crippen LogP contribution < -0.4 is 0 Å². The van der Waals surface area contributed by atoms with E-state index >= 15 is 0 Å². The molecule has 1 heterocycles. The monoisotopic (exact) mass is 188 g/mol. The number of rotatable bonds is 1. The highest BCUT2D eigenvalue weighted by Crippen LogP contribution is 2.20. The van der Waals surface area contributed by atoms with Gasteiger partial charge in [-0.05, 0) is 30.7 Å². The number of benzene rings is 1. The summed E-state index contributed by atoms with van der Waals surface area (Å²) in [4.78, 5) is 8.12. The van der Waals surface area contributed by atoms with Crippen molar-refractivity contribution < 1.29 is 4.39 Å². The van der Waals surface area contributed by atoms with Gasteiger partial charge in [0.05, 0.1) is 11.9 Å². The molecule has 0 saturated carbocycles. The predicted molar refractivity (Wildman–Crippen MR) is 52.2 cm³/mol. The lowest BCUT2D eigenvalue weighted by atomic mass is 10.1. The van der Waals surface area contributed by atoms with E-state index in [0.717, 1.165) is 16.8 Å². The topological polar surface area (TPSA) is 25.8 Å². The average molecular weight is 188 g/mol. The first kappa shape index (κ1) is 8.81. The molecule has 1 aromatic carbocycles. The van der Waals surface area contributed by atoms with E-state index in [4.69, 9.17) is 0 Å². The molecule has 0 spiro atoms. The predicted octanol–water partition coefficient (Wildman–Crippen LogP) is 2.59. The maximum atomic E-state index is 12.8. The molecule has 1 aromatic heterocycles. The maximum absolute atomic E-state index is 12.8. The Morgan fingerprint density at radius 1 is 1.21 bits per heavy atom. The molecule has 0 amide bonds. The highest BCUT2D eigenvalue weighted by molar-refractivity contribution is 5.62. The summed E-state index contributed by atoms with van der Waals surface area (Å²) in [7, 11) is 0. The first-order chi connectivity index (χ1) is 6.77. The lowest BCUT2D eigenvalue weighted by Gasteiger charge is -2.03. The molecule has 0 unspecified atom stereocenters. The van der Waals surface area contributed by atoms with Crippen molar-refractivity contribution >= 4 is 0 Å². The smallest absolute Gasteiger partial charge is 0.123 e. The molecule has 0 radical (unpaired) electrons. The van der Waals surface area contributed by atoms with Gasteiger partial charge in [-0.15, -0.1) is 0 Å². The Bertz CT molecular complexity index is 440. The zero-order chi connectivity index (χ0) is 9.97. The van der Waals surface area contributed by atoms with E-state index in [9.17, 15) is 4.39 Å². The lowest BCUT2D eigenvalue weighted by Crippen LogP contribution is -1.88. The zero-order valence-electron chi connectivity index (χ0n) is 7.74. The second-order valence-electron chi connectivity index (χ2n) is 3.05. The van der Waals surface area contributed by atoms with Crippen molar-refractivity contribution in [1.82, 2.24) is 9.97 Å². The fourth-order valence-corrected chi connectivity index (χ4v) is 1.35. The van der Waals surface area contributed by atoms with Gasteiger partial charge in [0.15, 0.2) is 0 Å². The van der Waals surface area contributed by atoms with E-state index in [-0.39, 0.29) is 5.82 Å². The summed E-state index contributed by atoms with van der Waals surface area (Å²) in [6.45, 7) is 1.85. The van der Waals surface area contributed by atoms with Gasteiger partial charge >= 0.3 is 0 Å². The first-order valence-corrected chi connectivity index (χ1v) is 4.30. The van der Waals surface area contributed by atoms with Gasteiger partial charge in [0.2, 0.25) is 0 Å². The van der Waals surface area contributed by atoms with Crippen LogP contribution in [-0.2, 0) is 0 Å². The van der Waals surface area contributed by atoms with Crippen LogP contribution in [0.5, 0.6) is 0 Å². The molecule has 0 aliphatic heterocycles. The second kappa shape index (κ2) is 3.54. The third-order valence-electron chi connectivity index (χ3n) is 2.03. The van der Waals surface area contributed by atoms with Crippen LogP contribution in [-0.4, -0.2) is 9.97 Å². The fraction of sp³-hybridized carbons (Fsp3) is 0.0909. The van der Waals surface area contributed by atoms with Gasteiger partial charge in [-0.2, -0.15) is 0 Å². The Morgan fingerprint density at radius 2 is 2.07 bits per heavy atom. The number of hydrogen-bond donors (Lipinski definition) is 0. The largest absolute Gasteiger partial charge is 0.261 e. The molecule has 0 N–H and O–H groups in total. The van der Waals surface area contributed by atoms with Gasteiger partial charge in [-0.25, -0.2) is 4.39 Å². The van der Waals surface area contributed by atoms with Gasteiger partial charge in [0, 0.05) is 18.0 Å². The van der Waals surface area contributed by atoms with Crippen molar-refractivity contribution in [3.05, 3.63) is 48.2 Å². The van der Waals surface area contributed by atoms with Crippen LogP contribution in [0.4, 0.5) is 4.39 Å². The molecule has 0 bridgehead atoms.